The number of rotatable bonds is 8. The van der Waals surface area contributed by atoms with Crippen molar-refractivity contribution in [2.75, 3.05) is 33.9 Å². The summed E-state index contributed by atoms with van der Waals surface area (Å²) >= 11 is 0. The maximum absolute atomic E-state index is 12.3. The van der Waals surface area contributed by atoms with Crippen molar-refractivity contribution in [1.82, 2.24) is 10.2 Å². The van der Waals surface area contributed by atoms with Crippen LogP contribution in [0.1, 0.15) is 18.4 Å². The second-order valence-electron chi connectivity index (χ2n) is 6.50. The standard InChI is InChI=1S/C20H25N3O5/c1-27-17-4-3-14(11-18(17)28-2)5-8-22-19(24)16(12-21)13-23-9-6-15(7-10-23)20(25)26/h3-4,11,13,15H,5-10H2,1-2H3,(H,22,24)(H,25,26)/b16-13-. The number of nitrogens with one attached hydrogen (secondary N) is 1. The second kappa shape index (κ2) is 10.2. The van der Waals surface area contributed by atoms with Gasteiger partial charge in [-0.15, -0.1) is 0 Å². The summed E-state index contributed by atoms with van der Waals surface area (Å²) in [5, 5.41) is 21.1. The van der Waals surface area contributed by atoms with Crippen LogP contribution in [0, 0.1) is 17.2 Å². The van der Waals surface area contributed by atoms with Crippen LogP contribution in [0.2, 0.25) is 0 Å². The van der Waals surface area contributed by atoms with E-state index < -0.39 is 11.9 Å². The van der Waals surface area contributed by atoms with Gasteiger partial charge in [0, 0.05) is 25.8 Å². The van der Waals surface area contributed by atoms with Gasteiger partial charge in [0.05, 0.1) is 20.1 Å². The molecule has 0 atom stereocenters. The zero-order valence-electron chi connectivity index (χ0n) is 16.1. The Morgan fingerprint density at radius 1 is 1.29 bits per heavy atom. The Labute approximate surface area is 164 Å². The smallest absolute Gasteiger partial charge is 0.306 e. The fourth-order valence-corrected chi connectivity index (χ4v) is 3.05. The van der Waals surface area contributed by atoms with Gasteiger partial charge in [0.1, 0.15) is 11.6 Å². The number of amides is 1. The molecule has 0 unspecified atom stereocenters. The molecule has 2 N–H and O–H groups in total. The van der Waals surface area contributed by atoms with Crippen LogP contribution in [-0.4, -0.2) is 55.7 Å². The highest BCUT2D eigenvalue weighted by molar-refractivity contribution is 5.97. The highest BCUT2D eigenvalue weighted by Gasteiger charge is 2.24. The highest BCUT2D eigenvalue weighted by atomic mass is 16.5. The lowest BCUT2D eigenvalue weighted by atomic mass is 9.97. The fourth-order valence-electron chi connectivity index (χ4n) is 3.05. The van der Waals surface area contributed by atoms with Gasteiger partial charge in [-0.2, -0.15) is 5.26 Å². The summed E-state index contributed by atoms with van der Waals surface area (Å²) in [5.41, 5.74) is 0.984. The molecular formula is C20H25N3O5. The van der Waals surface area contributed by atoms with Crippen LogP contribution in [0.4, 0.5) is 0 Å². The molecule has 1 fully saturated rings. The van der Waals surface area contributed by atoms with E-state index in [1.165, 1.54) is 6.20 Å². The van der Waals surface area contributed by atoms with Crippen LogP contribution in [0.5, 0.6) is 11.5 Å². The van der Waals surface area contributed by atoms with Crippen LogP contribution in [0.25, 0.3) is 0 Å². The van der Waals surface area contributed by atoms with Crippen LogP contribution in [0.15, 0.2) is 30.0 Å². The van der Waals surface area contributed by atoms with Gasteiger partial charge >= 0.3 is 5.97 Å². The third kappa shape index (κ3) is 5.64. The first-order valence-electron chi connectivity index (χ1n) is 9.06. The van der Waals surface area contributed by atoms with E-state index >= 15 is 0 Å². The number of carbonyl (C=O) groups excluding carboxylic acids is 1. The van der Waals surface area contributed by atoms with Crippen LogP contribution in [0.3, 0.4) is 0 Å². The Morgan fingerprint density at radius 2 is 1.96 bits per heavy atom. The van der Waals surface area contributed by atoms with Crippen molar-refractivity contribution < 1.29 is 24.2 Å². The van der Waals surface area contributed by atoms with E-state index in [9.17, 15) is 14.9 Å². The lowest BCUT2D eigenvalue weighted by molar-refractivity contribution is -0.143. The molecular weight excluding hydrogens is 362 g/mol. The number of ether oxygens (including phenoxy) is 2. The van der Waals surface area contributed by atoms with Crippen molar-refractivity contribution in [1.29, 1.82) is 5.26 Å². The maximum Gasteiger partial charge on any atom is 0.306 e. The van der Waals surface area contributed by atoms with Gasteiger partial charge < -0.3 is 24.8 Å². The minimum atomic E-state index is -0.794. The average Bonchev–Trinajstić information content (AvgIpc) is 2.71. The number of carbonyl (C=O) groups is 2. The molecule has 8 heteroatoms. The van der Waals surface area contributed by atoms with Crippen molar-refractivity contribution in [2.24, 2.45) is 5.92 Å². The molecule has 0 aliphatic carbocycles. The summed E-state index contributed by atoms with van der Waals surface area (Å²) in [6, 6.07) is 7.46. The van der Waals surface area contributed by atoms with Gasteiger partial charge in [-0.25, -0.2) is 0 Å². The zero-order valence-corrected chi connectivity index (χ0v) is 16.1. The quantitative estimate of drug-likeness (QED) is 0.514. The predicted octanol–water partition coefficient (Wildman–Crippen LogP) is 1.57. The molecule has 8 nitrogen and oxygen atoms in total. The molecule has 0 spiro atoms. The number of carboxylic acids is 1. The third-order valence-electron chi connectivity index (χ3n) is 4.70. The Balaban J connectivity index is 1.87. The van der Waals surface area contributed by atoms with Gasteiger partial charge in [-0.1, -0.05) is 6.07 Å². The maximum atomic E-state index is 12.3. The molecule has 0 bridgehead atoms. The number of aliphatic carboxylic acids is 1. The van der Waals surface area contributed by atoms with Gasteiger partial charge in [0.15, 0.2) is 11.5 Å². The number of piperidine rings is 1. The topological polar surface area (TPSA) is 112 Å². The summed E-state index contributed by atoms with van der Waals surface area (Å²) in [6.45, 7) is 1.40. The molecule has 1 saturated heterocycles. The molecule has 150 valence electrons. The van der Waals surface area contributed by atoms with E-state index in [1.54, 1.807) is 20.3 Å². The SMILES string of the molecule is COc1ccc(CCNC(=O)/C(C#N)=C\N2CCC(C(=O)O)CC2)cc1OC. The first-order valence-corrected chi connectivity index (χ1v) is 9.06. The number of likely N-dealkylation sites (tertiary alicyclic amines) is 1. The minimum Gasteiger partial charge on any atom is -0.493 e. The molecule has 1 aliphatic rings. The van der Waals surface area contributed by atoms with E-state index in [4.69, 9.17) is 14.6 Å². The first kappa shape index (κ1) is 21.1. The summed E-state index contributed by atoms with van der Waals surface area (Å²) in [6.07, 6.45) is 3.11. The molecule has 1 heterocycles. The van der Waals surface area contributed by atoms with E-state index in [2.05, 4.69) is 5.32 Å². The predicted molar refractivity (Wildman–Crippen MR) is 102 cm³/mol. The van der Waals surface area contributed by atoms with E-state index in [0.717, 1.165) is 5.56 Å². The molecule has 2 rings (SSSR count). The molecule has 0 radical (unpaired) electrons. The molecule has 1 aromatic rings. The Morgan fingerprint density at radius 3 is 2.54 bits per heavy atom. The summed E-state index contributed by atoms with van der Waals surface area (Å²) < 4.78 is 10.5. The Bertz CT molecular complexity index is 777. The number of hydrogen-bond donors (Lipinski definition) is 2. The largest absolute Gasteiger partial charge is 0.493 e. The van der Waals surface area contributed by atoms with Gasteiger partial charge in [-0.05, 0) is 37.0 Å². The summed E-state index contributed by atoms with van der Waals surface area (Å²) in [5.74, 6) is -0.337. The van der Waals surface area contributed by atoms with E-state index in [1.807, 2.05) is 23.1 Å². The molecule has 1 amide bonds. The van der Waals surface area contributed by atoms with Crippen molar-refractivity contribution in [3.8, 4) is 17.6 Å². The molecule has 0 saturated carbocycles. The molecule has 0 aromatic heterocycles. The van der Waals surface area contributed by atoms with Crippen molar-refractivity contribution >= 4 is 11.9 Å². The van der Waals surface area contributed by atoms with Crippen molar-refractivity contribution in [3.05, 3.63) is 35.5 Å². The van der Waals surface area contributed by atoms with Crippen LogP contribution >= 0.6 is 0 Å². The van der Waals surface area contributed by atoms with E-state index in [-0.39, 0.29) is 11.5 Å². The lowest BCUT2D eigenvalue weighted by Gasteiger charge is -2.29. The second-order valence-corrected chi connectivity index (χ2v) is 6.50. The van der Waals surface area contributed by atoms with Crippen LogP contribution in [-0.2, 0) is 16.0 Å². The van der Waals surface area contributed by atoms with Gasteiger partial charge in [0.2, 0.25) is 0 Å². The first-order chi connectivity index (χ1) is 13.5. The van der Waals surface area contributed by atoms with Gasteiger partial charge in [-0.3, -0.25) is 9.59 Å². The Kier molecular flexibility index (Phi) is 7.69. The summed E-state index contributed by atoms with van der Waals surface area (Å²) in [4.78, 5) is 25.1. The highest BCUT2D eigenvalue weighted by Crippen LogP contribution is 2.27. The summed E-state index contributed by atoms with van der Waals surface area (Å²) in [7, 11) is 3.13. The molecule has 1 aromatic carbocycles. The fraction of sp³-hybridized carbons (Fsp3) is 0.450. The minimum absolute atomic E-state index is 0.0149. The van der Waals surface area contributed by atoms with E-state index in [0.29, 0.717) is 50.4 Å². The molecule has 28 heavy (non-hydrogen) atoms. The van der Waals surface area contributed by atoms with Crippen molar-refractivity contribution in [2.45, 2.75) is 19.3 Å². The average molecular weight is 387 g/mol. The molecule has 1 aliphatic heterocycles. The normalized spacial score (nSPS) is 14.9. The number of hydrogen-bond acceptors (Lipinski definition) is 6. The lowest BCUT2D eigenvalue weighted by Crippen LogP contribution is -2.34. The number of carboxylic acid groups (broad SMARTS) is 1. The number of benzene rings is 1. The number of nitriles is 1. The number of nitrogens with zero attached hydrogens (tertiary/aromatic N) is 2. The van der Waals surface area contributed by atoms with Crippen molar-refractivity contribution in [3.63, 3.8) is 0 Å². The van der Waals surface area contributed by atoms with Crippen LogP contribution < -0.4 is 14.8 Å². The third-order valence-corrected chi connectivity index (χ3v) is 4.70. The number of methoxy groups -OCH3 is 2. The zero-order chi connectivity index (χ0) is 20.5. The van der Waals surface area contributed by atoms with Gasteiger partial charge in [0.25, 0.3) is 5.91 Å². The monoisotopic (exact) mass is 387 g/mol. The Hall–Kier alpha value is -3.21.